The fourth-order valence-electron chi connectivity index (χ4n) is 8.31. The van der Waals surface area contributed by atoms with Gasteiger partial charge in [-0.3, -0.25) is 4.79 Å². The van der Waals surface area contributed by atoms with Gasteiger partial charge >= 0.3 is 0 Å². The number of amides is 1. The number of nitrogens with one attached hydrogen (secondary N) is 1. The third-order valence-corrected chi connectivity index (χ3v) is 12.6. The fraction of sp³-hybridized carbons (Fsp3) is 0.873. The molecule has 6 nitrogen and oxygen atoms in total. The Labute approximate surface area is 379 Å². The van der Waals surface area contributed by atoms with Crippen LogP contribution in [0.3, 0.4) is 0 Å². The van der Waals surface area contributed by atoms with Crippen molar-refractivity contribution in [1.82, 2.24) is 5.32 Å². The SMILES string of the molecule is CCCC/C=C/CC/C=C/CC/C=C/CCCC(O)C(O)C(CO)NC(=O)C(O)CCCCCCCCCCCCCCCCCCCCCCCCCCCCCCCC. The molecule has 0 radical (unpaired) electrons. The van der Waals surface area contributed by atoms with Crippen LogP contribution in [0, 0.1) is 0 Å². The number of hydrogen-bond acceptors (Lipinski definition) is 5. The first-order chi connectivity index (χ1) is 30.0. The van der Waals surface area contributed by atoms with Crippen molar-refractivity contribution in [2.45, 2.75) is 301 Å². The number of allylic oxidation sites excluding steroid dienone is 6. The lowest BCUT2D eigenvalue weighted by Gasteiger charge is -2.27. The highest BCUT2D eigenvalue weighted by atomic mass is 16.3. The Hall–Kier alpha value is -1.47. The van der Waals surface area contributed by atoms with Crippen molar-refractivity contribution in [3.05, 3.63) is 36.5 Å². The van der Waals surface area contributed by atoms with E-state index >= 15 is 0 Å². The van der Waals surface area contributed by atoms with Crippen LogP contribution in [0.2, 0.25) is 0 Å². The maximum atomic E-state index is 12.6. The van der Waals surface area contributed by atoms with Crippen LogP contribution in [-0.4, -0.2) is 57.3 Å². The van der Waals surface area contributed by atoms with Gasteiger partial charge in [0.05, 0.1) is 18.8 Å². The second-order valence-corrected chi connectivity index (χ2v) is 18.6. The second-order valence-electron chi connectivity index (χ2n) is 18.6. The average Bonchev–Trinajstić information content (AvgIpc) is 3.26. The van der Waals surface area contributed by atoms with E-state index in [1.165, 1.54) is 193 Å². The first kappa shape index (κ1) is 59.5. The van der Waals surface area contributed by atoms with E-state index in [9.17, 15) is 25.2 Å². The number of unbranched alkanes of at least 4 members (excludes halogenated alkanes) is 34. The van der Waals surface area contributed by atoms with E-state index < -0.39 is 36.9 Å². The summed E-state index contributed by atoms with van der Waals surface area (Å²) in [6.07, 6.45) is 60.7. The summed E-state index contributed by atoms with van der Waals surface area (Å²) >= 11 is 0. The highest BCUT2D eigenvalue weighted by Crippen LogP contribution is 2.17. The molecule has 0 aromatic heterocycles. The lowest BCUT2D eigenvalue weighted by molar-refractivity contribution is -0.132. The normalized spacial score (nSPS) is 14.1. The molecule has 0 rings (SSSR count). The molecule has 0 aliphatic carbocycles. The van der Waals surface area contributed by atoms with Gasteiger partial charge in [-0.15, -0.1) is 0 Å². The summed E-state index contributed by atoms with van der Waals surface area (Å²) in [5, 5.41) is 43.8. The third kappa shape index (κ3) is 43.6. The molecule has 0 aliphatic heterocycles. The van der Waals surface area contributed by atoms with Crippen molar-refractivity contribution in [2.24, 2.45) is 0 Å². The predicted molar refractivity (Wildman–Crippen MR) is 265 cm³/mol. The molecule has 0 saturated heterocycles. The van der Waals surface area contributed by atoms with Gasteiger partial charge < -0.3 is 25.7 Å². The van der Waals surface area contributed by atoms with Gasteiger partial charge in [0, 0.05) is 0 Å². The van der Waals surface area contributed by atoms with E-state index in [-0.39, 0.29) is 0 Å². The van der Waals surface area contributed by atoms with Gasteiger partial charge in [-0.2, -0.15) is 0 Å². The Morgan fingerprint density at radius 1 is 0.393 bits per heavy atom. The molecule has 0 aromatic carbocycles. The van der Waals surface area contributed by atoms with Crippen molar-refractivity contribution in [2.75, 3.05) is 6.61 Å². The van der Waals surface area contributed by atoms with Crippen molar-refractivity contribution in [1.29, 1.82) is 0 Å². The molecule has 61 heavy (non-hydrogen) atoms. The molecule has 4 atom stereocenters. The summed E-state index contributed by atoms with van der Waals surface area (Å²) in [5.41, 5.74) is 0. The first-order valence-corrected chi connectivity index (χ1v) is 26.9. The highest BCUT2D eigenvalue weighted by Gasteiger charge is 2.28. The Morgan fingerprint density at radius 2 is 0.689 bits per heavy atom. The topological polar surface area (TPSA) is 110 Å². The van der Waals surface area contributed by atoms with E-state index in [1.807, 2.05) is 0 Å². The Morgan fingerprint density at radius 3 is 1.02 bits per heavy atom. The molecule has 0 bridgehead atoms. The summed E-state index contributed by atoms with van der Waals surface area (Å²) < 4.78 is 0. The van der Waals surface area contributed by atoms with Gasteiger partial charge in [-0.25, -0.2) is 0 Å². The Balaban J connectivity index is 3.60. The van der Waals surface area contributed by atoms with Gasteiger partial charge in [0.2, 0.25) is 5.91 Å². The van der Waals surface area contributed by atoms with Crippen LogP contribution in [0.4, 0.5) is 0 Å². The Bertz CT molecular complexity index is 966. The first-order valence-electron chi connectivity index (χ1n) is 26.9. The predicted octanol–water partition coefficient (Wildman–Crippen LogP) is 15.2. The highest BCUT2D eigenvalue weighted by molar-refractivity contribution is 5.80. The van der Waals surface area contributed by atoms with Gasteiger partial charge in [0.25, 0.3) is 0 Å². The third-order valence-electron chi connectivity index (χ3n) is 12.6. The number of aliphatic hydroxyl groups is 4. The number of aliphatic hydroxyl groups excluding tert-OH is 4. The summed E-state index contributed by atoms with van der Waals surface area (Å²) in [6, 6.07) is -1.01. The zero-order valence-corrected chi connectivity index (χ0v) is 40.7. The summed E-state index contributed by atoms with van der Waals surface area (Å²) in [7, 11) is 0. The number of hydrogen-bond donors (Lipinski definition) is 5. The van der Waals surface area contributed by atoms with Gasteiger partial charge in [-0.1, -0.05) is 256 Å². The molecule has 0 aliphatic rings. The minimum atomic E-state index is -1.29. The van der Waals surface area contributed by atoms with Crippen molar-refractivity contribution >= 4 is 5.91 Å². The number of rotatable bonds is 49. The van der Waals surface area contributed by atoms with Crippen LogP contribution in [0.1, 0.15) is 277 Å². The number of carbonyl (C=O) groups is 1. The van der Waals surface area contributed by atoms with Crippen molar-refractivity contribution in [3.63, 3.8) is 0 Å². The quantitative estimate of drug-likeness (QED) is 0.0309. The molecule has 0 heterocycles. The molecule has 0 spiro atoms. The van der Waals surface area contributed by atoms with Crippen molar-refractivity contribution in [3.8, 4) is 0 Å². The maximum Gasteiger partial charge on any atom is 0.249 e. The molecular formula is C55H105NO5. The molecule has 6 heteroatoms. The van der Waals surface area contributed by atoms with Gasteiger partial charge in [0.1, 0.15) is 12.2 Å². The molecule has 5 N–H and O–H groups in total. The summed E-state index contributed by atoms with van der Waals surface area (Å²) in [6.45, 7) is 4.01. The van der Waals surface area contributed by atoms with E-state index in [2.05, 4.69) is 55.6 Å². The summed E-state index contributed by atoms with van der Waals surface area (Å²) in [5.74, 6) is -0.596. The zero-order chi connectivity index (χ0) is 44.5. The zero-order valence-electron chi connectivity index (χ0n) is 40.7. The van der Waals surface area contributed by atoms with Gasteiger partial charge in [0.15, 0.2) is 0 Å². The van der Waals surface area contributed by atoms with E-state index in [1.54, 1.807) is 0 Å². The van der Waals surface area contributed by atoms with Crippen LogP contribution in [0.5, 0.6) is 0 Å². The molecule has 1 amide bonds. The maximum absolute atomic E-state index is 12.6. The van der Waals surface area contributed by atoms with Crippen LogP contribution in [0.15, 0.2) is 36.5 Å². The molecular weight excluding hydrogens is 755 g/mol. The van der Waals surface area contributed by atoms with Crippen molar-refractivity contribution < 1.29 is 25.2 Å². The standard InChI is InChI=1S/C55H105NO5/c1-3-5-7-9-11-13-15-17-19-20-21-22-23-24-25-26-27-28-29-30-31-32-33-35-37-39-41-43-45-47-49-53(59)55(61)56-51(50-57)54(60)52(58)48-46-44-42-40-38-36-34-18-16-14-12-10-8-6-4-2/h10,12,18,34,40,42,51-54,57-60H,3-9,11,13-17,19-33,35-39,41,43-50H2,1-2H3,(H,56,61)/b12-10+,34-18+,42-40+. The Kier molecular flexibility index (Phi) is 48.3. The van der Waals surface area contributed by atoms with E-state index in [0.717, 1.165) is 51.4 Å². The van der Waals surface area contributed by atoms with Crippen LogP contribution in [-0.2, 0) is 4.79 Å². The van der Waals surface area contributed by atoms with E-state index in [0.29, 0.717) is 19.3 Å². The molecule has 360 valence electrons. The molecule has 0 aromatic rings. The second kappa shape index (κ2) is 49.5. The monoisotopic (exact) mass is 860 g/mol. The largest absolute Gasteiger partial charge is 0.394 e. The smallest absolute Gasteiger partial charge is 0.249 e. The minimum absolute atomic E-state index is 0.362. The number of carbonyl (C=O) groups excluding carboxylic acids is 1. The molecule has 0 saturated carbocycles. The fourth-order valence-corrected chi connectivity index (χ4v) is 8.31. The minimum Gasteiger partial charge on any atom is -0.394 e. The van der Waals surface area contributed by atoms with E-state index in [4.69, 9.17) is 0 Å². The van der Waals surface area contributed by atoms with Gasteiger partial charge in [-0.05, 0) is 57.8 Å². The van der Waals surface area contributed by atoms with Crippen LogP contribution in [0.25, 0.3) is 0 Å². The van der Waals surface area contributed by atoms with Crippen LogP contribution >= 0.6 is 0 Å². The molecule has 4 unspecified atom stereocenters. The average molecular weight is 860 g/mol. The lowest BCUT2D eigenvalue weighted by atomic mass is 10.00. The van der Waals surface area contributed by atoms with Crippen LogP contribution < -0.4 is 5.32 Å². The molecule has 0 fully saturated rings. The summed E-state index contributed by atoms with van der Waals surface area (Å²) in [4.78, 5) is 12.6. The lowest BCUT2D eigenvalue weighted by Crippen LogP contribution is -2.53.